The van der Waals surface area contributed by atoms with Gasteiger partial charge in [-0.2, -0.15) is 0 Å². The molecule has 1 aliphatic heterocycles. The molecule has 5 heteroatoms. The smallest absolute Gasteiger partial charge is 0.227 e. The monoisotopic (exact) mass is 320 g/mol. The van der Waals surface area contributed by atoms with Gasteiger partial charge in [-0.1, -0.05) is 12.1 Å². The highest BCUT2D eigenvalue weighted by Crippen LogP contribution is 2.15. The fraction of sp³-hybridized carbons (Fsp3) is 0.611. The van der Waals surface area contributed by atoms with Gasteiger partial charge in [0.05, 0.1) is 20.1 Å². The number of hydrogen-bond acceptors (Lipinski definition) is 4. The highest BCUT2D eigenvalue weighted by atomic mass is 16.5. The molecule has 0 saturated carbocycles. The number of methoxy groups -OCH3 is 2. The Labute approximate surface area is 139 Å². The van der Waals surface area contributed by atoms with Crippen LogP contribution in [0.2, 0.25) is 0 Å². The van der Waals surface area contributed by atoms with Crippen LogP contribution in [-0.4, -0.2) is 68.8 Å². The third-order valence-electron chi connectivity index (χ3n) is 4.40. The number of carbonyl (C=O) groups excluding carboxylic acids is 1. The van der Waals surface area contributed by atoms with E-state index in [2.05, 4.69) is 11.8 Å². The standard InChI is InChI=1S/C18H28N2O3/c1-15(14-22-2)19-8-5-9-20(11-10-19)18(21)13-16-6-4-7-17(12-16)23-3/h4,6-7,12,15H,5,8-11,13-14H2,1-3H3. The Balaban J connectivity index is 1.90. The highest BCUT2D eigenvalue weighted by molar-refractivity contribution is 5.79. The van der Waals surface area contributed by atoms with Crippen LogP contribution in [0.25, 0.3) is 0 Å². The van der Waals surface area contributed by atoms with Gasteiger partial charge in [0, 0.05) is 39.3 Å². The van der Waals surface area contributed by atoms with Gasteiger partial charge in [-0.15, -0.1) is 0 Å². The second-order valence-corrected chi connectivity index (χ2v) is 6.10. The Morgan fingerprint density at radius 1 is 1.22 bits per heavy atom. The zero-order valence-corrected chi connectivity index (χ0v) is 14.5. The molecule has 128 valence electrons. The molecule has 23 heavy (non-hydrogen) atoms. The quantitative estimate of drug-likeness (QED) is 0.802. The van der Waals surface area contributed by atoms with Crippen LogP contribution in [0.15, 0.2) is 24.3 Å². The summed E-state index contributed by atoms with van der Waals surface area (Å²) in [7, 11) is 3.38. The molecule has 1 amide bonds. The Morgan fingerprint density at radius 2 is 2.04 bits per heavy atom. The van der Waals surface area contributed by atoms with Crippen molar-refractivity contribution in [3.8, 4) is 5.75 Å². The number of benzene rings is 1. The zero-order chi connectivity index (χ0) is 16.7. The zero-order valence-electron chi connectivity index (χ0n) is 14.5. The summed E-state index contributed by atoms with van der Waals surface area (Å²) < 4.78 is 10.5. The van der Waals surface area contributed by atoms with Gasteiger partial charge in [-0.25, -0.2) is 0 Å². The van der Waals surface area contributed by atoms with Gasteiger partial charge in [0.1, 0.15) is 5.75 Å². The normalized spacial score (nSPS) is 17.6. The Kier molecular flexibility index (Phi) is 6.86. The van der Waals surface area contributed by atoms with Crippen molar-refractivity contribution >= 4 is 5.91 Å². The summed E-state index contributed by atoms with van der Waals surface area (Å²) in [5, 5.41) is 0. The van der Waals surface area contributed by atoms with Gasteiger partial charge >= 0.3 is 0 Å². The minimum atomic E-state index is 0.194. The SMILES string of the molecule is COCC(C)N1CCCN(C(=O)Cc2cccc(OC)c2)CC1. The van der Waals surface area contributed by atoms with Gasteiger partial charge in [0.2, 0.25) is 5.91 Å². The lowest BCUT2D eigenvalue weighted by atomic mass is 10.1. The van der Waals surface area contributed by atoms with Gasteiger partial charge in [-0.3, -0.25) is 9.69 Å². The largest absolute Gasteiger partial charge is 0.497 e. The summed E-state index contributed by atoms with van der Waals surface area (Å²) in [5.41, 5.74) is 1.00. The second kappa shape index (κ2) is 8.89. The van der Waals surface area contributed by atoms with Gasteiger partial charge in [0.25, 0.3) is 0 Å². The van der Waals surface area contributed by atoms with Crippen LogP contribution in [0.3, 0.4) is 0 Å². The Morgan fingerprint density at radius 3 is 2.78 bits per heavy atom. The lowest BCUT2D eigenvalue weighted by molar-refractivity contribution is -0.130. The molecule has 1 saturated heterocycles. The molecule has 0 radical (unpaired) electrons. The van der Waals surface area contributed by atoms with Crippen LogP contribution in [0.1, 0.15) is 18.9 Å². The second-order valence-electron chi connectivity index (χ2n) is 6.10. The molecular formula is C18H28N2O3. The van der Waals surface area contributed by atoms with Crippen molar-refractivity contribution in [1.29, 1.82) is 0 Å². The minimum absolute atomic E-state index is 0.194. The number of hydrogen-bond donors (Lipinski definition) is 0. The van der Waals surface area contributed by atoms with Crippen LogP contribution in [-0.2, 0) is 16.0 Å². The van der Waals surface area contributed by atoms with Crippen LogP contribution in [0, 0.1) is 0 Å². The molecular weight excluding hydrogens is 292 g/mol. The van der Waals surface area contributed by atoms with E-state index < -0.39 is 0 Å². The van der Waals surface area contributed by atoms with E-state index in [1.807, 2.05) is 29.2 Å². The third kappa shape index (κ3) is 5.22. The lowest BCUT2D eigenvalue weighted by Crippen LogP contribution is -2.40. The summed E-state index contributed by atoms with van der Waals surface area (Å²) >= 11 is 0. The highest BCUT2D eigenvalue weighted by Gasteiger charge is 2.22. The van der Waals surface area contributed by atoms with Crippen LogP contribution in [0.5, 0.6) is 5.75 Å². The van der Waals surface area contributed by atoms with Crippen molar-refractivity contribution in [3.05, 3.63) is 29.8 Å². The van der Waals surface area contributed by atoms with E-state index in [9.17, 15) is 4.79 Å². The molecule has 1 atom stereocenters. The van der Waals surface area contributed by atoms with Crippen molar-refractivity contribution in [1.82, 2.24) is 9.80 Å². The first-order chi connectivity index (χ1) is 11.1. The van der Waals surface area contributed by atoms with Gasteiger partial charge < -0.3 is 14.4 Å². The van der Waals surface area contributed by atoms with E-state index in [0.717, 1.165) is 50.5 Å². The van der Waals surface area contributed by atoms with Crippen LogP contribution in [0.4, 0.5) is 0 Å². The van der Waals surface area contributed by atoms with Crippen molar-refractivity contribution in [2.45, 2.75) is 25.8 Å². The maximum atomic E-state index is 12.6. The Hall–Kier alpha value is -1.59. The Bertz CT molecular complexity index is 507. The molecule has 0 aliphatic carbocycles. The molecule has 0 spiro atoms. The average molecular weight is 320 g/mol. The average Bonchev–Trinajstić information content (AvgIpc) is 2.81. The van der Waals surface area contributed by atoms with Crippen LogP contribution < -0.4 is 4.74 Å². The molecule has 1 aromatic carbocycles. The van der Waals surface area contributed by atoms with Crippen molar-refractivity contribution in [2.75, 3.05) is 47.0 Å². The molecule has 0 aromatic heterocycles. The summed E-state index contributed by atoms with van der Waals surface area (Å²) in [6.07, 6.45) is 1.45. The number of carbonyl (C=O) groups is 1. The van der Waals surface area contributed by atoms with Gasteiger partial charge in [0.15, 0.2) is 0 Å². The third-order valence-corrected chi connectivity index (χ3v) is 4.40. The van der Waals surface area contributed by atoms with E-state index in [1.54, 1.807) is 14.2 Å². The summed E-state index contributed by atoms with van der Waals surface area (Å²) in [6.45, 7) is 6.46. The molecule has 0 N–H and O–H groups in total. The number of amides is 1. The molecule has 1 unspecified atom stereocenters. The predicted octanol–water partition coefficient (Wildman–Crippen LogP) is 1.81. The van der Waals surface area contributed by atoms with E-state index >= 15 is 0 Å². The molecule has 1 heterocycles. The number of rotatable bonds is 6. The minimum Gasteiger partial charge on any atom is -0.497 e. The van der Waals surface area contributed by atoms with Gasteiger partial charge in [-0.05, 0) is 31.0 Å². The first-order valence-electron chi connectivity index (χ1n) is 8.27. The van der Waals surface area contributed by atoms with Crippen LogP contribution >= 0.6 is 0 Å². The maximum Gasteiger partial charge on any atom is 0.227 e. The fourth-order valence-corrected chi connectivity index (χ4v) is 3.04. The molecule has 1 fully saturated rings. The van der Waals surface area contributed by atoms with E-state index in [0.29, 0.717) is 12.5 Å². The molecule has 1 aliphatic rings. The van der Waals surface area contributed by atoms with E-state index in [4.69, 9.17) is 9.47 Å². The summed E-state index contributed by atoms with van der Waals surface area (Å²) in [4.78, 5) is 17.0. The predicted molar refractivity (Wildman–Crippen MR) is 90.8 cm³/mol. The first-order valence-corrected chi connectivity index (χ1v) is 8.27. The van der Waals surface area contributed by atoms with E-state index in [1.165, 1.54) is 0 Å². The maximum absolute atomic E-state index is 12.6. The number of nitrogens with zero attached hydrogens (tertiary/aromatic N) is 2. The topological polar surface area (TPSA) is 42.0 Å². The van der Waals surface area contributed by atoms with Crippen molar-refractivity contribution in [3.63, 3.8) is 0 Å². The first kappa shape index (κ1) is 17.8. The van der Waals surface area contributed by atoms with E-state index in [-0.39, 0.29) is 5.91 Å². The molecule has 0 bridgehead atoms. The van der Waals surface area contributed by atoms with Crippen molar-refractivity contribution < 1.29 is 14.3 Å². The molecule has 5 nitrogen and oxygen atoms in total. The lowest BCUT2D eigenvalue weighted by Gasteiger charge is -2.27. The summed E-state index contributed by atoms with van der Waals surface area (Å²) in [6, 6.07) is 8.13. The fourth-order valence-electron chi connectivity index (χ4n) is 3.04. The van der Waals surface area contributed by atoms with Crippen molar-refractivity contribution in [2.24, 2.45) is 0 Å². The number of ether oxygens (including phenoxy) is 2. The molecule has 1 aromatic rings. The summed E-state index contributed by atoms with van der Waals surface area (Å²) in [5.74, 6) is 0.991. The molecule has 2 rings (SSSR count).